The Bertz CT molecular complexity index is 501. The average molecular weight is 302 g/mol. The van der Waals surface area contributed by atoms with Crippen LogP contribution in [-0.4, -0.2) is 9.97 Å². The number of aromatic nitrogens is 2. The number of nitrogens with one attached hydrogen (secondary N) is 1. The minimum atomic E-state index is -0.374. The smallest absolute Gasteiger partial charge is 0.166 e. The van der Waals surface area contributed by atoms with Crippen molar-refractivity contribution in [1.82, 2.24) is 9.97 Å². The lowest BCUT2D eigenvalue weighted by Gasteiger charge is -2.04. The standard InChI is InChI=1S/C10H9BrFN3S/c1-6-15-8(5-16-6)4-14-10-9(12)2-7(11)3-13-10/h2-3,5H,4H2,1H3,(H,13,14). The summed E-state index contributed by atoms with van der Waals surface area (Å²) in [6, 6.07) is 1.38. The average Bonchev–Trinajstić information content (AvgIpc) is 2.63. The van der Waals surface area contributed by atoms with E-state index in [-0.39, 0.29) is 11.6 Å². The zero-order valence-corrected chi connectivity index (χ0v) is 10.9. The molecule has 0 fully saturated rings. The topological polar surface area (TPSA) is 37.8 Å². The van der Waals surface area contributed by atoms with Crippen LogP contribution in [-0.2, 0) is 6.54 Å². The Morgan fingerprint density at radius 2 is 2.38 bits per heavy atom. The minimum Gasteiger partial charge on any atom is -0.362 e. The minimum absolute atomic E-state index is 0.244. The van der Waals surface area contributed by atoms with Gasteiger partial charge in [-0.25, -0.2) is 14.4 Å². The normalized spacial score (nSPS) is 10.4. The molecule has 0 unspecified atom stereocenters. The molecule has 6 heteroatoms. The zero-order valence-electron chi connectivity index (χ0n) is 8.50. The maximum absolute atomic E-state index is 13.4. The van der Waals surface area contributed by atoms with Crippen molar-refractivity contribution in [2.24, 2.45) is 0 Å². The molecule has 84 valence electrons. The second-order valence-electron chi connectivity index (χ2n) is 3.20. The second kappa shape index (κ2) is 4.88. The Labute approximate surface area is 105 Å². The number of hydrogen-bond acceptors (Lipinski definition) is 4. The molecule has 0 amide bonds. The van der Waals surface area contributed by atoms with Gasteiger partial charge >= 0.3 is 0 Å². The van der Waals surface area contributed by atoms with E-state index in [2.05, 4.69) is 31.2 Å². The lowest BCUT2D eigenvalue weighted by atomic mass is 10.4. The molecule has 0 atom stereocenters. The number of aryl methyl sites for hydroxylation is 1. The van der Waals surface area contributed by atoms with Gasteiger partial charge in [0, 0.05) is 16.0 Å². The van der Waals surface area contributed by atoms with Crippen LogP contribution < -0.4 is 5.32 Å². The van der Waals surface area contributed by atoms with Gasteiger partial charge in [0.15, 0.2) is 11.6 Å². The van der Waals surface area contributed by atoms with Crippen molar-refractivity contribution in [2.75, 3.05) is 5.32 Å². The number of halogens is 2. The van der Waals surface area contributed by atoms with E-state index < -0.39 is 0 Å². The lowest BCUT2D eigenvalue weighted by Crippen LogP contribution is -2.03. The molecule has 3 nitrogen and oxygen atoms in total. The molecule has 0 saturated carbocycles. The molecule has 2 aromatic rings. The number of hydrogen-bond donors (Lipinski definition) is 1. The molecule has 0 aliphatic heterocycles. The number of anilines is 1. The quantitative estimate of drug-likeness (QED) is 0.944. The van der Waals surface area contributed by atoms with Crippen molar-refractivity contribution in [3.05, 3.63) is 38.6 Å². The van der Waals surface area contributed by atoms with Crippen LogP contribution in [0.2, 0.25) is 0 Å². The highest BCUT2D eigenvalue weighted by Gasteiger charge is 2.05. The third-order valence-corrected chi connectivity index (χ3v) is 3.17. The molecule has 2 heterocycles. The molecule has 0 radical (unpaired) electrons. The van der Waals surface area contributed by atoms with Gasteiger partial charge in [-0.1, -0.05) is 0 Å². The highest BCUT2D eigenvalue weighted by Crippen LogP contribution is 2.17. The first-order valence-electron chi connectivity index (χ1n) is 4.61. The molecular formula is C10H9BrFN3S. The first-order chi connectivity index (χ1) is 7.65. The third-order valence-electron chi connectivity index (χ3n) is 1.91. The number of nitrogens with zero attached hydrogens (tertiary/aromatic N) is 2. The summed E-state index contributed by atoms with van der Waals surface area (Å²) >= 11 is 4.73. The molecule has 0 spiro atoms. The molecule has 0 saturated heterocycles. The fraction of sp³-hybridized carbons (Fsp3) is 0.200. The molecule has 0 bridgehead atoms. The van der Waals surface area contributed by atoms with Gasteiger partial charge in [-0.15, -0.1) is 11.3 Å². The Morgan fingerprint density at radius 3 is 3.00 bits per heavy atom. The van der Waals surface area contributed by atoms with Crippen LogP contribution in [0.25, 0.3) is 0 Å². The summed E-state index contributed by atoms with van der Waals surface area (Å²) in [6.45, 7) is 2.42. The molecule has 2 rings (SSSR count). The van der Waals surface area contributed by atoms with Crippen LogP contribution in [0.15, 0.2) is 22.1 Å². The van der Waals surface area contributed by atoms with Crippen molar-refractivity contribution in [1.29, 1.82) is 0 Å². The van der Waals surface area contributed by atoms with Crippen molar-refractivity contribution < 1.29 is 4.39 Å². The Morgan fingerprint density at radius 1 is 1.56 bits per heavy atom. The van der Waals surface area contributed by atoms with Crippen molar-refractivity contribution in [2.45, 2.75) is 13.5 Å². The third kappa shape index (κ3) is 2.76. The van der Waals surface area contributed by atoms with Crippen LogP contribution in [0.3, 0.4) is 0 Å². The maximum atomic E-state index is 13.4. The Kier molecular flexibility index (Phi) is 3.50. The van der Waals surface area contributed by atoms with Crippen LogP contribution in [0.1, 0.15) is 10.7 Å². The summed E-state index contributed by atoms with van der Waals surface area (Å²) in [5.74, 6) is -0.129. The van der Waals surface area contributed by atoms with E-state index in [0.29, 0.717) is 11.0 Å². The van der Waals surface area contributed by atoms with Gasteiger partial charge in [-0.05, 0) is 28.9 Å². The van der Waals surface area contributed by atoms with Gasteiger partial charge in [0.1, 0.15) is 0 Å². The number of rotatable bonds is 3. The molecule has 0 aromatic carbocycles. The molecule has 0 aliphatic carbocycles. The first-order valence-corrected chi connectivity index (χ1v) is 6.28. The van der Waals surface area contributed by atoms with Gasteiger partial charge < -0.3 is 5.32 Å². The van der Waals surface area contributed by atoms with E-state index in [1.54, 1.807) is 17.5 Å². The van der Waals surface area contributed by atoms with E-state index in [1.807, 2.05) is 12.3 Å². The molecule has 16 heavy (non-hydrogen) atoms. The fourth-order valence-electron chi connectivity index (χ4n) is 1.21. The highest BCUT2D eigenvalue weighted by molar-refractivity contribution is 9.10. The SMILES string of the molecule is Cc1nc(CNc2ncc(Br)cc2F)cs1. The summed E-state index contributed by atoms with van der Waals surface area (Å²) in [4.78, 5) is 8.21. The van der Waals surface area contributed by atoms with E-state index in [1.165, 1.54) is 6.07 Å². The van der Waals surface area contributed by atoms with Crippen molar-refractivity contribution in [3.8, 4) is 0 Å². The number of pyridine rings is 1. The largest absolute Gasteiger partial charge is 0.362 e. The van der Waals surface area contributed by atoms with Gasteiger partial charge in [0.25, 0.3) is 0 Å². The fourth-order valence-corrected chi connectivity index (χ4v) is 2.12. The van der Waals surface area contributed by atoms with E-state index >= 15 is 0 Å². The molecule has 2 aromatic heterocycles. The summed E-state index contributed by atoms with van der Waals surface area (Å²) in [5.41, 5.74) is 0.895. The summed E-state index contributed by atoms with van der Waals surface area (Å²) in [6.07, 6.45) is 1.55. The predicted molar refractivity (Wildman–Crippen MR) is 66.1 cm³/mol. The van der Waals surface area contributed by atoms with Gasteiger partial charge in [0.05, 0.1) is 17.2 Å². The van der Waals surface area contributed by atoms with Gasteiger partial charge in [-0.2, -0.15) is 0 Å². The molecule has 0 aliphatic rings. The van der Waals surface area contributed by atoms with E-state index in [9.17, 15) is 4.39 Å². The summed E-state index contributed by atoms with van der Waals surface area (Å²) in [5, 5.41) is 5.85. The lowest BCUT2D eigenvalue weighted by molar-refractivity contribution is 0.623. The Balaban J connectivity index is 2.04. The monoisotopic (exact) mass is 301 g/mol. The molecular weight excluding hydrogens is 293 g/mol. The van der Waals surface area contributed by atoms with Crippen LogP contribution in [0, 0.1) is 12.7 Å². The Hall–Kier alpha value is -1.01. The van der Waals surface area contributed by atoms with Gasteiger partial charge in [-0.3, -0.25) is 0 Å². The van der Waals surface area contributed by atoms with Crippen LogP contribution in [0.5, 0.6) is 0 Å². The maximum Gasteiger partial charge on any atom is 0.166 e. The van der Waals surface area contributed by atoms with Crippen LogP contribution >= 0.6 is 27.3 Å². The van der Waals surface area contributed by atoms with Crippen molar-refractivity contribution >= 4 is 33.1 Å². The molecule has 1 N–H and O–H groups in total. The zero-order chi connectivity index (χ0) is 11.5. The van der Waals surface area contributed by atoms with E-state index in [4.69, 9.17) is 0 Å². The summed E-state index contributed by atoms with van der Waals surface area (Å²) < 4.78 is 14.0. The van der Waals surface area contributed by atoms with Crippen molar-refractivity contribution in [3.63, 3.8) is 0 Å². The van der Waals surface area contributed by atoms with Crippen LogP contribution in [0.4, 0.5) is 10.2 Å². The predicted octanol–water partition coefficient (Wildman–Crippen LogP) is 3.36. The summed E-state index contributed by atoms with van der Waals surface area (Å²) in [7, 11) is 0. The highest BCUT2D eigenvalue weighted by atomic mass is 79.9. The number of thiazole rings is 1. The van der Waals surface area contributed by atoms with E-state index in [0.717, 1.165) is 10.7 Å². The van der Waals surface area contributed by atoms with Gasteiger partial charge in [0.2, 0.25) is 0 Å². The second-order valence-corrected chi connectivity index (χ2v) is 5.17. The first kappa shape index (κ1) is 11.5.